The molecule has 0 unspecified atom stereocenters. The van der Waals surface area contributed by atoms with Gasteiger partial charge in [-0.25, -0.2) is 4.79 Å². The fourth-order valence-corrected chi connectivity index (χ4v) is 1.86. The molecule has 0 bridgehead atoms. The molecule has 0 atom stereocenters. The van der Waals surface area contributed by atoms with E-state index in [-0.39, 0.29) is 5.78 Å². The molecule has 0 saturated carbocycles. The minimum absolute atomic E-state index is 0.115. The number of ketones is 1. The summed E-state index contributed by atoms with van der Waals surface area (Å²) >= 11 is 0. The molecule has 1 aliphatic heterocycles. The molecule has 0 radical (unpaired) electrons. The Balaban J connectivity index is 2.82. The van der Waals surface area contributed by atoms with Gasteiger partial charge < -0.3 is 4.74 Å². The lowest BCUT2D eigenvalue weighted by Crippen LogP contribution is -2.33. The van der Waals surface area contributed by atoms with E-state index in [0.29, 0.717) is 12.2 Å². The van der Waals surface area contributed by atoms with Crippen LogP contribution in [0.25, 0.3) is 0 Å². The summed E-state index contributed by atoms with van der Waals surface area (Å²) in [5, 5.41) is 0. The van der Waals surface area contributed by atoms with Gasteiger partial charge in [-0.1, -0.05) is 25.5 Å². The SMILES string of the molecule is CCC/C=C/C(=O)C1=CCCCCN1C(=O)OC. The van der Waals surface area contributed by atoms with E-state index < -0.39 is 6.09 Å². The van der Waals surface area contributed by atoms with Gasteiger partial charge in [0.05, 0.1) is 12.8 Å². The summed E-state index contributed by atoms with van der Waals surface area (Å²) < 4.78 is 4.72. The summed E-state index contributed by atoms with van der Waals surface area (Å²) in [4.78, 5) is 25.1. The Morgan fingerprint density at radius 1 is 1.44 bits per heavy atom. The van der Waals surface area contributed by atoms with Gasteiger partial charge in [-0.2, -0.15) is 0 Å². The lowest BCUT2D eigenvalue weighted by atomic mass is 10.2. The number of rotatable bonds is 4. The molecule has 100 valence electrons. The zero-order chi connectivity index (χ0) is 13.4. The summed E-state index contributed by atoms with van der Waals surface area (Å²) in [5.74, 6) is -0.115. The smallest absolute Gasteiger partial charge is 0.414 e. The predicted molar refractivity (Wildman–Crippen MR) is 70.1 cm³/mol. The van der Waals surface area contributed by atoms with Crippen molar-refractivity contribution in [2.24, 2.45) is 0 Å². The highest BCUT2D eigenvalue weighted by molar-refractivity contribution is 6.05. The van der Waals surface area contributed by atoms with Crippen molar-refractivity contribution in [3.05, 3.63) is 23.9 Å². The van der Waals surface area contributed by atoms with E-state index in [1.165, 1.54) is 12.0 Å². The molecular weight excluding hydrogens is 230 g/mol. The van der Waals surface area contributed by atoms with E-state index in [0.717, 1.165) is 32.1 Å². The summed E-state index contributed by atoms with van der Waals surface area (Å²) in [7, 11) is 1.34. The predicted octanol–water partition coefficient (Wildman–Crippen LogP) is 3.05. The number of unbranched alkanes of at least 4 members (excludes halogenated alkanes) is 1. The number of methoxy groups -OCH3 is 1. The average Bonchev–Trinajstić information content (AvgIpc) is 2.63. The van der Waals surface area contributed by atoms with Crippen molar-refractivity contribution in [2.75, 3.05) is 13.7 Å². The molecule has 1 heterocycles. The zero-order valence-corrected chi connectivity index (χ0v) is 11.1. The number of allylic oxidation sites excluding steroid dienone is 3. The maximum Gasteiger partial charge on any atom is 0.414 e. The Hall–Kier alpha value is -1.58. The van der Waals surface area contributed by atoms with Crippen LogP contribution in [-0.2, 0) is 9.53 Å². The van der Waals surface area contributed by atoms with Gasteiger partial charge in [0.1, 0.15) is 0 Å². The Morgan fingerprint density at radius 3 is 2.89 bits per heavy atom. The van der Waals surface area contributed by atoms with Crippen molar-refractivity contribution in [1.82, 2.24) is 4.90 Å². The van der Waals surface area contributed by atoms with Crippen molar-refractivity contribution >= 4 is 11.9 Å². The Morgan fingerprint density at radius 2 is 2.22 bits per heavy atom. The topological polar surface area (TPSA) is 46.6 Å². The van der Waals surface area contributed by atoms with Crippen LogP contribution in [-0.4, -0.2) is 30.4 Å². The number of ether oxygens (including phenoxy) is 1. The van der Waals surface area contributed by atoms with E-state index in [9.17, 15) is 9.59 Å². The molecule has 1 amide bonds. The second kappa shape index (κ2) is 7.69. The summed E-state index contributed by atoms with van der Waals surface area (Å²) in [6.45, 7) is 2.60. The summed E-state index contributed by atoms with van der Waals surface area (Å²) in [6, 6.07) is 0. The monoisotopic (exact) mass is 251 g/mol. The first-order valence-corrected chi connectivity index (χ1v) is 6.47. The Labute approximate surface area is 108 Å². The Kier molecular flexibility index (Phi) is 6.19. The van der Waals surface area contributed by atoms with Crippen LogP contribution in [0.15, 0.2) is 23.9 Å². The molecule has 0 aromatic rings. The number of carbonyl (C=O) groups is 2. The highest BCUT2D eigenvalue weighted by Gasteiger charge is 2.23. The maximum absolute atomic E-state index is 12.1. The molecule has 0 spiro atoms. The average molecular weight is 251 g/mol. The highest BCUT2D eigenvalue weighted by atomic mass is 16.5. The molecule has 0 aliphatic carbocycles. The van der Waals surface area contributed by atoms with Crippen LogP contribution in [0.1, 0.15) is 39.0 Å². The molecule has 4 nitrogen and oxygen atoms in total. The molecule has 0 aromatic carbocycles. The molecule has 0 N–H and O–H groups in total. The minimum atomic E-state index is -0.458. The van der Waals surface area contributed by atoms with E-state index in [1.54, 1.807) is 6.08 Å². The minimum Gasteiger partial charge on any atom is -0.452 e. The number of hydrogen-bond acceptors (Lipinski definition) is 3. The first-order valence-electron chi connectivity index (χ1n) is 6.47. The summed E-state index contributed by atoms with van der Waals surface area (Å²) in [6.07, 6.45) is 9.37. The third kappa shape index (κ3) is 4.02. The normalized spacial score (nSPS) is 16.3. The van der Waals surface area contributed by atoms with Crippen LogP contribution in [0.4, 0.5) is 4.79 Å². The van der Waals surface area contributed by atoms with Gasteiger partial charge in [0.2, 0.25) is 5.78 Å². The van der Waals surface area contributed by atoms with Crippen molar-refractivity contribution in [3.63, 3.8) is 0 Å². The van der Waals surface area contributed by atoms with E-state index in [2.05, 4.69) is 6.92 Å². The van der Waals surface area contributed by atoms with Crippen molar-refractivity contribution in [3.8, 4) is 0 Å². The van der Waals surface area contributed by atoms with Crippen LogP contribution in [0, 0.1) is 0 Å². The van der Waals surface area contributed by atoms with Gasteiger partial charge >= 0.3 is 6.09 Å². The van der Waals surface area contributed by atoms with Crippen LogP contribution < -0.4 is 0 Å². The second-order valence-corrected chi connectivity index (χ2v) is 4.26. The second-order valence-electron chi connectivity index (χ2n) is 4.26. The third-order valence-electron chi connectivity index (χ3n) is 2.84. The van der Waals surface area contributed by atoms with Crippen LogP contribution in [0.3, 0.4) is 0 Å². The van der Waals surface area contributed by atoms with E-state index in [4.69, 9.17) is 4.74 Å². The fourth-order valence-electron chi connectivity index (χ4n) is 1.86. The van der Waals surface area contributed by atoms with Crippen LogP contribution in [0.5, 0.6) is 0 Å². The van der Waals surface area contributed by atoms with E-state index >= 15 is 0 Å². The zero-order valence-electron chi connectivity index (χ0n) is 11.1. The quantitative estimate of drug-likeness (QED) is 0.721. The van der Waals surface area contributed by atoms with Gasteiger partial charge in [0.15, 0.2) is 0 Å². The molecule has 4 heteroatoms. The molecule has 1 aliphatic rings. The number of nitrogens with zero attached hydrogens (tertiary/aromatic N) is 1. The van der Waals surface area contributed by atoms with Crippen LogP contribution in [0.2, 0.25) is 0 Å². The molecule has 0 aromatic heterocycles. The standard InChI is InChI=1S/C14H21NO3/c1-3-4-6-10-13(16)12-9-7-5-8-11-15(12)14(17)18-2/h6,9-10H,3-5,7-8,11H2,1-2H3/b10-6+. The number of amides is 1. The van der Waals surface area contributed by atoms with Gasteiger partial charge in [-0.05, 0) is 31.8 Å². The first kappa shape index (κ1) is 14.5. The first-order chi connectivity index (χ1) is 8.70. The van der Waals surface area contributed by atoms with Gasteiger partial charge in [0.25, 0.3) is 0 Å². The maximum atomic E-state index is 12.1. The van der Waals surface area contributed by atoms with Crippen molar-refractivity contribution in [2.45, 2.75) is 39.0 Å². The molecule has 0 saturated heterocycles. The lowest BCUT2D eigenvalue weighted by Gasteiger charge is -2.20. The van der Waals surface area contributed by atoms with Crippen molar-refractivity contribution in [1.29, 1.82) is 0 Å². The molecule has 1 rings (SSSR count). The number of carbonyl (C=O) groups excluding carboxylic acids is 2. The molecular formula is C14H21NO3. The largest absolute Gasteiger partial charge is 0.452 e. The third-order valence-corrected chi connectivity index (χ3v) is 2.84. The Bertz CT molecular complexity index is 358. The highest BCUT2D eigenvalue weighted by Crippen LogP contribution is 2.17. The van der Waals surface area contributed by atoms with Gasteiger partial charge in [0, 0.05) is 6.54 Å². The van der Waals surface area contributed by atoms with Crippen LogP contribution >= 0.6 is 0 Å². The fraction of sp³-hybridized carbons (Fsp3) is 0.571. The number of hydrogen-bond donors (Lipinski definition) is 0. The lowest BCUT2D eigenvalue weighted by molar-refractivity contribution is -0.112. The van der Waals surface area contributed by atoms with Gasteiger partial charge in [-0.3, -0.25) is 9.69 Å². The molecule has 0 fully saturated rings. The van der Waals surface area contributed by atoms with Crippen molar-refractivity contribution < 1.29 is 14.3 Å². The molecule has 18 heavy (non-hydrogen) atoms. The summed E-state index contributed by atoms with van der Waals surface area (Å²) in [5.41, 5.74) is 0.451. The van der Waals surface area contributed by atoms with Gasteiger partial charge in [-0.15, -0.1) is 0 Å². The van der Waals surface area contributed by atoms with E-state index in [1.807, 2.05) is 12.2 Å².